The summed E-state index contributed by atoms with van der Waals surface area (Å²) in [6.07, 6.45) is 5.74. The molecule has 1 heterocycles. The van der Waals surface area contributed by atoms with E-state index >= 15 is 0 Å². The molecule has 5 heteroatoms. The maximum absolute atomic E-state index is 11.5. The van der Waals surface area contributed by atoms with E-state index in [2.05, 4.69) is 17.1 Å². The SMILES string of the molecule is CCNC(=NCC1CCC1)N1CCC(C(=O)OC)CC1. The van der Waals surface area contributed by atoms with Crippen LogP contribution in [0.4, 0.5) is 0 Å². The number of nitrogens with zero attached hydrogens (tertiary/aromatic N) is 2. The number of hydrogen-bond acceptors (Lipinski definition) is 3. The molecular formula is C15H27N3O2. The van der Waals surface area contributed by atoms with Crippen LogP contribution in [0.3, 0.4) is 0 Å². The molecule has 1 aliphatic heterocycles. The van der Waals surface area contributed by atoms with Gasteiger partial charge in [0.15, 0.2) is 5.96 Å². The molecule has 1 aliphatic carbocycles. The minimum Gasteiger partial charge on any atom is -0.469 e. The van der Waals surface area contributed by atoms with E-state index in [0.29, 0.717) is 0 Å². The average Bonchev–Trinajstić information content (AvgIpc) is 2.44. The molecule has 0 radical (unpaired) electrons. The molecule has 2 aliphatic rings. The van der Waals surface area contributed by atoms with Crippen molar-refractivity contribution in [1.82, 2.24) is 10.2 Å². The highest BCUT2D eigenvalue weighted by atomic mass is 16.5. The summed E-state index contributed by atoms with van der Waals surface area (Å²) in [5, 5.41) is 3.37. The van der Waals surface area contributed by atoms with Gasteiger partial charge in [0, 0.05) is 26.2 Å². The van der Waals surface area contributed by atoms with Gasteiger partial charge >= 0.3 is 5.97 Å². The molecule has 5 nitrogen and oxygen atoms in total. The van der Waals surface area contributed by atoms with E-state index < -0.39 is 0 Å². The topological polar surface area (TPSA) is 53.9 Å². The average molecular weight is 281 g/mol. The Hall–Kier alpha value is -1.26. The number of methoxy groups -OCH3 is 1. The first kappa shape index (κ1) is 15.1. The predicted molar refractivity (Wildman–Crippen MR) is 79.6 cm³/mol. The fraction of sp³-hybridized carbons (Fsp3) is 0.867. The van der Waals surface area contributed by atoms with Crippen molar-refractivity contribution < 1.29 is 9.53 Å². The zero-order valence-electron chi connectivity index (χ0n) is 12.7. The lowest BCUT2D eigenvalue weighted by atomic mass is 9.86. The van der Waals surface area contributed by atoms with Crippen LogP contribution in [0.5, 0.6) is 0 Å². The van der Waals surface area contributed by atoms with Crippen molar-refractivity contribution in [2.45, 2.75) is 39.0 Å². The second-order valence-corrected chi connectivity index (χ2v) is 5.78. The Labute approximate surface area is 121 Å². The third kappa shape index (κ3) is 3.87. The molecule has 20 heavy (non-hydrogen) atoms. The highest BCUT2D eigenvalue weighted by Crippen LogP contribution is 2.26. The Bertz CT molecular complexity index is 345. The first-order chi connectivity index (χ1) is 9.74. The molecule has 2 rings (SSSR count). The van der Waals surface area contributed by atoms with Crippen molar-refractivity contribution in [2.75, 3.05) is 33.3 Å². The number of guanidine groups is 1. The van der Waals surface area contributed by atoms with Crippen LogP contribution in [0.25, 0.3) is 0 Å². The van der Waals surface area contributed by atoms with Crippen LogP contribution in [-0.2, 0) is 9.53 Å². The fourth-order valence-electron chi connectivity index (χ4n) is 2.81. The number of carbonyl (C=O) groups excluding carboxylic acids is 1. The first-order valence-electron chi connectivity index (χ1n) is 7.85. The van der Waals surface area contributed by atoms with Crippen molar-refractivity contribution in [3.63, 3.8) is 0 Å². The summed E-state index contributed by atoms with van der Waals surface area (Å²) in [6, 6.07) is 0. The summed E-state index contributed by atoms with van der Waals surface area (Å²) < 4.78 is 4.83. The van der Waals surface area contributed by atoms with Gasteiger partial charge < -0.3 is 15.0 Å². The zero-order chi connectivity index (χ0) is 14.4. The number of piperidine rings is 1. The molecule has 0 aromatic carbocycles. The monoisotopic (exact) mass is 281 g/mol. The molecule has 1 saturated heterocycles. The van der Waals surface area contributed by atoms with E-state index in [9.17, 15) is 4.79 Å². The molecule has 1 N–H and O–H groups in total. The molecule has 0 bridgehead atoms. The Morgan fingerprint density at radius 3 is 2.50 bits per heavy atom. The third-order valence-corrected chi connectivity index (χ3v) is 4.39. The first-order valence-corrected chi connectivity index (χ1v) is 7.85. The highest BCUT2D eigenvalue weighted by Gasteiger charge is 2.27. The van der Waals surface area contributed by atoms with Gasteiger partial charge in [-0.25, -0.2) is 0 Å². The summed E-state index contributed by atoms with van der Waals surface area (Å²) in [6.45, 7) is 5.70. The smallest absolute Gasteiger partial charge is 0.308 e. The normalized spacial score (nSPS) is 21.5. The van der Waals surface area contributed by atoms with E-state index in [4.69, 9.17) is 9.73 Å². The van der Waals surface area contributed by atoms with Crippen LogP contribution in [0.2, 0.25) is 0 Å². The molecular weight excluding hydrogens is 254 g/mol. The molecule has 114 valence electrons. The van der Waals surface area contributed by atoms with Crippen LogP contribution >= 0.6 is 0 Å². The Kier molecular flexibility index (Phi) is 5.68. The summed E-state index contributed by atoms with van der Waals surface area (Å²) in [5.41, 5.74) is 0. The van der Waals surface area contributed by atoms with E-state index in [-0.39, 0.29) is 11.9 Å². The summed E-state index contributed by atoms with van der Waals surface area (Å²) in [7, 11) is 1.47. The number of likely N-dealkylation sites (tertiary alicyclic amines) is 1. The number of nitrogens with one attached hydrogen (secondary N) is 1. The predicted octanol–water partition coefficient (Wildman–Crippen LogP) is 1.64. The van der Waals surface area contributed by atoms with Crippen LogP contribution in [0.15, 0.2) is 4.99 Å². The van der Waals surface area contributed by atoms with Gasteiger partial charge in [-0.3, -0.25) is 9.79 Å². The maximum atomic E-state index is 11.5. The molecule has 0 aromatic rings. The van der Waals surface area contributed by atoms with E-state index in [1.807, 2.05) is 0 Å². The number of hydrogen-bond donors (Lipinski definition) is 1. The third-order valence-electron chi connectivity index (χ3n) is 4.39. The second-order valence-electron chi connectivity index (χ2n) is 5.78. The highest BCUT2D eigenvalue weighted by molar-refractivity contribution is 5.80. The molecule has 2 fully saturated rings. The Morgan fingerprint density at radius 2 is 2.00 bits per heavy atom. The number of aliphatic imine (C=N–C) groups is 1. The number of ether oxygens (including phenoxy) is 1. The van der Waals surface area contributed by atoms with Crippen molar-refractivity contribution in [2.24, 2.45) is 16.8 Å². The Morgan fingerprint density at radius 1 is 1.30 bits per heavy atom. The molecule has 0 atom stereocenters. The van der Waals surface area contributed by atoms with Gasteiger partial charge in [0.05, 0.1) is 13.0 Å². The van der Waals surface area contributed by atoms with Gasteiger partial charge in [0.2, 0.25) is 0 Å². The Balaban J connectivity index is 1.85. The molecule has 0 unspecified atom stereocenters. The molecule has 0 spiro atoms. The van der Waals surface area contributed by atoms with Gasteiger partial charge in [0.25, 0.3) is 0 Å². The fourth-order valence-corrected chi connectivity index (χ4v) is 2.81. The van der Waals surface area contributed by atoms with Gasteiger partial charge in [-0.15, -0.1) is 0 Å². The second kappa shape index (κ2) is 7.50. The quantitative estimate of drug-likeness (QED) is 0.483. The van der Waals surface area contributed by atoms with Crippen molar-refractivity contribution >= 4 is 11.9 Å². The minimum atomic E-state index is -0.0685. The lowest BCUT2D eigenvalue weighted by Gasteiger charge is -2.33. The van der Waals surface area contributed by atoms with Crippen LogP contribution in [-0.4, -0.2) is 50.1 Å². The van der Waals surface area contributed by atoms with Gasteiger partial charge in [-0.05, 0) is 38.5 Å². The zero-order valence-corrected chi connectivity index (χ0v) is 12.7. The van der Waals surface area contributed by atoms with Crippen LogP contribution in [0.1, 0.15) is 39.0 Å². The van der Waals surface area contributed by atoms with Crippen molar-refractivity contribution in [1.29, 1.82) is 0 Å². The minimum absolute atomic E-state index is 0.0609. The van der Waals surface area contributed by atoms with Gasteiger partial charge in [0.1, 0.15) is 0 Å². The molecule has 0 amide bonds. The van der Waals surface area contributed by atoms with Crippen LogP contribution in [0, 0.1) is 11.8 Å². The van der Waals surface area contributed by atoms with Gasteiger partial charge in [-0.1, -0.05) is 6.42 Å². The number of carbonyl (C=O) groups is 1. The molecule has 1 saturated carbocycles. The van der Waals surface area contributed by atoms with E-state index in [0.717, 1.165) is 50.9 Å². The van der Waals surface area contributed by atoms with Crippen LogP contribution < -0.4 is 5.32 Å². The largest absolute Gasteiger partial charge is 0.469 e. The van der Waals surface area contributed by atoms with E-state index in [1.165, 1.54) is 26.4 Å². The maximum Gasteiger partial charge on any atom is 0.308 e. The van der Waals surface area contributed by atoms with E-state index in [1.54, 1.807) is 0 Å². The number of esters is 1. The standard InChI is InChI=1S/C15H27N3O2/c1-3-16-15(17-11-12-5-4-6-12)18-9-7-13(8-10-18)14(19)20-2/h12-13H,3-11H2,1-2H3,(H,16,17). The van der Waals surface area contributed by atoms with Gasteiger partial charge in [-0.2, -0.15) is 0 Å². The summed E-state index contributed by atoms with van der Waals surface area (Å²) in [5.74, 6) is 1.80. The molecule has 0 aromatic heterocycles. The lowest BCUT2D eigenvalue weighted by molar-refractivity contribution is -0.146. The number of rotatable bonds is 4. The van der Waals surface area contributed by atoms with Crippen molar-refractivity contribution in [3.05, 3.63) is 0 Å². The summed E-state index contributed by atoms with van der Waals surface area (Å²) >= 11 is 0. The van der Waals surface area contributed by atoms with Crippen molar-refractivity contribution in [3.8, 4) is 0 Å². The lowest BCUT2D eigenvalue weighted by Crippen LogP contribution is -2.47. The summed E-state index contributed by atoms with van der Waals surface area (Å²) in [4.78, 5) is 18.6.